The van der Waals surface area contributed by atoms with Gasteiger partial charge < -0.3 is 5.11 Å². The Labute approximate surface area is 100 Å². The van der Waals surface area contributed by atoms with E-state index in [1.807, 2.05) is 12.1 Å². The van der Waals surface area contributed by atoms with Crippen LogP contribution in [0.3, 0.4) is 0 Å². The minimum absolute atomic E-state index is 0. The van der Waals surface area contributed by atoms with Gasteiger partial charge in [-0.3, -0.25) is 0 Å². The molecule has 3 heteroatoms. The summed E-state index contributed by atoms with van der Waals surface area (Å²) in [5, 5.41) is 8.61. The van der Waals surface area contributed by atoms with Crippen molar-refractivity contribution in [3.05, 3.63) is 35.4 Å². The Kier molecular flexibility index (Phi) is 5.30. The van der Waals surface area contributed by atoms with Crippen LogP contribution in [0, 0.1) is 0 Å². The average Bonchev–Trinajstić information content (AvgIpc) is 2.04. The fraction of sp³-hybridized carbons (Fsp3) is 0.300. The van der Waals surface area contributed by atoms with Crippen molar-refractivity contribution in [1.29, 1.82) is 0 Å². The Morgan fingerprint density at radius 2 is 1.69 bits per heavy atom. The Morgan fingerprint density at radius 1 is 1.23 bits per heavy atom. The van der Waals surface area contributed by atoms with Gasteiger partial charge in [-0.25, -0.2) is 4.79 Å². The third-order valence-corrected chi connectivity index (χ3v) is 1.82. The van der Waals surface area contributed by atoms with Crippen LogP contribution in [0.5, 0.6) is 0 Å². The normalized spacial score (nSPS) is 9.46. The van der Waals surface area contributed by atoms with Crippen molar-refractivity contribution in [2.45, 2.75) is 19.8 Å². The second-order valence-corrected chi connectivity index (χ2v) is 3.08. The van der Waals surface area contributed by atoms with Crippen LogP contribution >= 0.6 is 0 Å². The molecule has 0 unspecified atom stereocenters. The fourth-order valence-electron chi connectivity index (χ4n) is 1.01. The van der Waals surface area contributed by atoms with Crippen LogP contribution in [0.15, 0.2) is 24.3 Å². The Balaban J connectivity index is 0.00000144. The third kappa shape index (κ3) is 3.51. The molecule has 0 radical (unpaired) electrons. The molecule has 0 amide bonds. The van der Waals surface area contributed by atoms with Crippen LogP contribution in [0.25, 0.3) is 0 Å². The van der Waals surface area contributed by atoms with Crippen molar-refractivity contribution in [2.75, 3.05) is 0 Å². The molecule has 1 aromatic rings. The minimum atomic E-state index is -0.870. The summed E-state index contributed by atoms with van der Waals surface area (Å²) < 4.78 is 0. The van der Waals surface area contributed by atoms with E-state index in [9.17, 15) is 4.79 Å². The number of carbonyl (C=O) groups is 1. The van der Waals surface area contributed by atoms with Crippen molar-refractivity contribution in [3.63, 3.8) is 0 Å². The molecule has 0 aromatic heterocycles. The number of hydrogen-bond acceptors (Lipinski definition) is 1. The molecule has 0 heterocycles. The van der Waals surface area contributed by atoms with Gasteiger partial charge in [0, 0.05) is 0 Å². The van der Waals surface area contributed by atoms with Crippen molar-refractivity contribution in [1.82, 2.24) is 0 Å². The molecule has 0 aliphatic heterocycles. The maximum atomic E-state index is 10.5. The van der Waals surface area contributed by atoms with E-state index in [1.54, 1.807) is 12.1 Å². The second-order valence-electron chi connectivity index (χ2n) is 3.08. The summed E-state index contributed by atoms with van der Waals surface area (Å²) >= 11 is 0. The van der Waals surface area contributed by atoms with E-state index in [4.69, 9.17) is 5.11 Å². The zero-order chi connectivity index (χ0) is 9.14. The maximum absolute atomic E-state index is 10.5. The molecular weight excluding hydrogens is 175 g/mol. The molecule has 0 aliphatic carbocycles. The predicted octanol–water partition coefficient (Wildman–Crippen LogP) is 1.86. The van der Waals surface area contributed by atoms with Gasteiger partial charge >= 0.3 is 35.5 Å². The molecular formula is C10H13NaO2. The first-order chi connectivity index (χ1) is 5.61. The summed E-state index contributed by atoms with van der Waals surface area (Å²) in [6, 6.07) is 6.98. The number of benzene rings is 1. The van der Waals surface area contributed by atoms with E-state index in [0.29, 0.717) is 11.5 Å². The summed E-state index contributed by atoms with van der Waals surface area (Å²) in [4.78, 5) is 10.5. The van der Waals surface area contributed by atoms with Gasteiger partial charge in [-0.1, -0.05) is 26.0 Å². The summed E-state index contributed by atoms with van der Waals surface area (Å²) in [6.07, 6.45) is 0. The quantitative estimate of drug-likeness (QED) is 0.719. The molecule has 0 aliphatic rings. The van der Waals surface area contributed by atoms with Crippen molar-refractivity contribution in [2.24, 2.45) is 0 Å². The van der Waals surface area contributed by atoms with E-state index >= 15 is 0 Å². The van der Waals surface area contributed by atoms with Gasteiger partial charge in [0.2, 0.25) is 0 Å². The molecule has 1 aromatic carbocycles. The predicted molar refractivity (Wildman–Crippen MR) is 54.6 cm³/mol. The van der Waals surface area contributed by atoms with Crippen molar-refractivity contribution >= 4 is 35.5 Å². The zero-order valence-electron chi connectivity index (χ0n) is 7.24. The number of aromatic carboxylic acids is 1. The van der Waals surface area contributed by atoms with Crippen molar-refractivity contribution in [3.8, 4) is 0 Å². The summed E-state index contributed by atoms with van der Waals surface area (Å²) in [7, 11) is 0. The molecule has 0 saturated heterocycles. The van der Waals surface area contributed by atoms with Gasteiger partial charge in [0.25, 0.3) is 0 Å². The van der Waals surface area contributed by atoms with Crippen molar-refractivity contribution < 1.29 is 9.90 Å². The SMILES string of the molecule is CC(C)c1ccc(C(=O)O)cc1.[NaH]. The molecule has 0 fully saturated rings. The van der Waals surface area contributed by atoms with E-state index in [-0.39, 0.29) is 29.6 Å². The standard InChI is InChI=1S/C10H12O2.Na.H/c1-7(2)8-3-5-9(6-4-8)10(11)12;;/h3-7H,1-2H3,(H,11,12);;. The van der Waals surface area contributed by atoms with Gasteiger partial charge in [0.1, 0.15) is 0 Å². The van der Waals surface area contributed by atoms with Gasteiger partial charge in [0.05, 0.1) is 5.56 Å². The number of carboxylic acid groups (broad SMARTS) is 1. The number of hydrogen-bond donors (Lipinski definition) is 1. The first-order valence-electron chi connectivity index (χ1n) is 3.94. The average molecular weight is 188 g/mol. The monoisotopic (exact) mass is 188 g/mol. The third-order valence-electron chi connectivity index (χ3n) is 1.82. The van der Waals surface area contributed by atoms with E-state index in [2.05, 4.69) is 13.8 Å². The summed E-state index contributed by atoms with van der Waals surface area (Å²) in [6.45, 7) is 4.16. The van der Waals surface area contributed by atoms with Crippen LogP contribution in [-0.4, -0.2) is 40.6 Å². The Bertz CT molecular complexity index is 277. The molecule has 0 saturated carbocycles. The topological polar surface area (TPSA) is 37.3 Å². The van der Waals surface area contributed by atoms with E-state index < -0.39 is 5.97 Å². The first kappa shape index (κ1) is 12.7. The van der Waals surface area contributed by atoms with Crippen LogP contribution in [0.4, 0.5) is 0 Å². The van der Waals surface area contributed by atoms with Gasteiger partial charge in [-0.05, 0) is 23.6 Å². The number of carboxylic acids is 1. The van der Waals surface area contributed by atoms with Gasteiger partial charge in [-0.15, -0.1) is 0 Å². The fourth-order valence-corrected chi connectivity index (χ4v) is 1.01. The van der Waals surface area contributed by atoms with Gasteiger partial charge in [-0.2, -0.15) is 0 Å². The second kappa shape index (κ2) is 5.43. The molecule has 2 nitrogen and oxygen atoms in total. The van der Waals surface area contributed by atoms with Crippen LogP contribution in [-0.2, 0) is 0 Å². The van der Waals surface area contributed by atoms with E-state index in [0.717, 1.165) is 0 Å². The van der Waals surface area contributed by atoms with E-state index in [1.165, 1.54) is 5.56 Å². The molecule has 13 heavy (non-hydrogen) atoms. The van der Waals surface area contributed by atoms with Crippen LogP contribution in [0.2, 0.25) is 0 Å². The molecule has 1 rings (SSSR count). The molecule has 0 bridgehead atoms. The summed E-state index contributed by atoms with van der Waals surface area (Å²) in [5.74, 6) is -0.418. The first-order valence-corrected chi connectivity index (χ1v) is 3.94. The van der Waals surface area contributed by atoms with Crippen LogP contribution in [0.1, 0.15) is 35.7 Å². The van der Waals surface area contributed by atoms with Crippen LogP contribution < -0.4 is 0 Å². The number of rotatable bonds is 2. The molecule has 0 atom stereocenters. The Hall–Kier alpha value is -0.310. The molecule has 1 N–H and O–H groups in total. The zero-order valence-corrected chi connectivity index (χ0v) is 7.24. The Morgan fingerprint density at radius 3 is 2.00 bits per heavy atom. The molecule has 66 valence electrons. The van der Waals surface area contributed by atoms with Gasteiger partial charge in [0.15, 0.2) is 0 Å². The summed E-state index contributed by atoms with van der Waals surface area (Å²) in [5.41, 5.74) is 1.51. The molecule has 0 spiro atoms.